The first-order chi connectivity index (χ1) is 56.9. The van der Waals surface area contributed by atoms with Crippen molar-refractivity contribution >= 4 is 108 Å². The van der Waals surface area contributed by atoms with Crippen LogP contribution in [0.25, 0.3) is 21.3 Å². The van der Waals surface area contributed by atoms with Crippen LogP contribution < -0.4 is 31.9 Å². The number of hydrogen-bond donors (Lipinski definition) is 11. The molecule has 6 fully saturated rings. The summed E-state index contributed by atoms with van der Waals surface area (Å²) in [6, 6.07) is 16.9. The molecule has 8 aliphatic rings. The normalized spacial score (nSPS) is 27.1. The molecule has 3 aromatic heterocycles. The second kappa shape index (κ2) is 34.1. The number of rotatable bonds is 36. The van der Waals surface area contributed by atoms with E-state index in [-0.39, 0.29) is 97.7 Å². The van der Waals surface area contributed by atoms with Gasteiger partial charge in [-0.3, -0.25) is 62.7 Å². The third-order valence-corrected chi connectivity index (χ3v) is 27.3. The van der Waals surface area contributed by atoms with Gasteiger partial charge in [0.1, 0.15) is 42.3 Å². The van der Waals surface area contributed by atoms with E-state index in [0.717, 1.165) is 87.5 Å². The molecule has 37 heteroatoms. The minimum atomic E-state index is -4.42. The summed E-state index contributed by atoms with van der Waals surface area (Å²) in [7, 11) is -4.42. The predicted molar refractivity (Wildman–Crippen MR) is 433 cm³/mol. The molecule has 14 rings (SSSR count). The van der Waals surface area contributed by atoms with E-state index in [9.17, 15) is 86.4 Å². The number of primary amides is 1. The van der Waals surface area contributed by atoms with Crippen molar-refractivity contribution in [2.24, 2.45) is 33.3 Å². The van der Waals surface area contributed by atoms with Crippen molar-refractivity contribution in [3.05, 3.63) is 130 Å². The molecule has 12 N–H and O–H groups in total. The van der Waals surface area contributed by atoms with Gasteiger partial charge in [0.05, 0.1) is 79.6 Å². The van der Waals surface area contributed by atoms with E-state index in [1.54, 1.807) is 50.4 Å². The van der Waals surface area contributed by atoms with Crippen LogP contribution in [-0.2, 0) is 100.0 Å². The molecule has 120 heavy (non-hydrogen) atoms. The number of anilines is 3. The van der Waals surface area contributed by atoms with Gasteiger partial charge in [-0.25, -0.2) is 19.6 Å². The minimum absolute atomic E-state index is 0.00907. The monoisotopic (exact) mass is 1700 g/mol. The molecule has 6 aromatic rings. The smallest absolute Gasteiger partial charge is 0.355 e. The number of carboxylic acids is 2. The van der Waals surface area contributed by atoms with Gasteiger partial charge < -0.3 is 76.0 Å². The SMILES string of the molecule is Cc1c(-c2ccc(N3CCc4cccc(C(=O)Nc5nc6ccccc6s5)c4C3)nc2C(=O)O)cnn1CC12CC3(OCCN(CCC(N)=O)COCc4ccc(NC(=O)[C@H](C)NC(=O)[C@@H](NC(=O)CN5C(=O)[C@@H](N6C(=O)C=CC6=O)C[C@H]5COCCS(=O)(=O)O)C(C)C)cc4CC[C@@H]4O[C@H](C(=O)O)[C@@H](O)[C@H](O)C4O)CC4(C)CC(C)(C1)C2(C4)C3. The Labute approximate surface area is 695 Å². The number of carbonyl (C=O) groups is 10. The minimum Gasteiger partial charge on any atom is -0.479 e. The maximum atomic E-state index is 14.1. The van der Waals surface area contributed by atoms with E-state index in [1.807, 2.05) is 63.9 Å². The zero-order valence-electron chi connectivity index (χ0n) is 67.4. The number of ether oxygens (including phenoxy) is 4. The van der Waals surface area contributed by atoms with Crippen LogP contribution in [0.15, 0.2) is 91.1 Å². The molecular formula is C83H101N13O22S2. The van der Waals surface area contributed by atoms with Crippen molar-refractivity contribution in [1.82, 2.24) is 45.1 Å². The fourth-order valence-electron chi connectivity index (χ4n) is 20.6. The number of hydrogen-bond acceptors (Lipinski definition) is 25. The molecule has 0 radical (unpaired) electrons. The number of nitrogens with one attached hydrogen (secondary N) is 4. The summed E-state index contributed by atoms with van der Waals surface area (Å²) in [5.74, 6) is -9.19. The number of nitrogens with zero attached hydrogens (tertiary/aromatic N) is 8. The Morgan fingerprint density at radius 2 is 1.58 bits per heavy atom. The molecule has 642 valence electrons. The number of aryl methyl sites for hydroxylation is 1. The summed E-state index contributed by atoms with van der Waals surface area (Å²) < 4.78 is 59.7. The third kappa shape index (κ3) is 17.5. The van der Waals surface area contributed by atoms with E-state index in [1.165, 1.54) is 18.3 Å². The summed E-state index contributed by atoms with van der Waals surface area (Å²) in [5, 5.41) is 69.5. The zero-order chi connectivity index (χ0) is 85.9. The number of carbonyl (C=O) groups excluding carboxylic acids is 8. The van der Waals surface area contributed by atoms with E-state index < -0.39 is 149 Å². The summed E-state index contributed by atoms with van der Waals surface area (Å²) >= 11 is 1.40. The van der Waals surface area contributed by atoms with Crippen molar-refractivity contribution in [3.8, 4) is 11.1 Å². The average Bonchev–Trinajstić information content (AvgIpc) is 1.45. The number of benzene rings is 3. The lowest BCUT2D eigenvalue weighted by Crippen LogP contribution is -2.60. The number of thiazole rings is 1. The first-order valence-corrected chi connectivity index (χ1v) is 42.7. The van der Waals surface area contributed by atoms with Gasteiger partial charge in [0.15, 0.2) is 16.9 Å². The van der Waals surface area contributed by atoms with Gasteiger partial charge in [0, 0.05) is 85.8 Å². The number of amides is 8. The highest BCUT2D eigenvalue weighted by Crippen LogP contribution is 2.90. The van der Waals surface area contributed by atoms with Gasteiger partial charge in [-0.15, -0.1) is 0 Å². The van der Waals surface area contributed by atoms with Crippen LogP contribution in [-0.4, -0.2) is 251 Å². The summed E-state index contributed by atoms with van der Waals surface area (Å²) in [4.78, 5) is 148. The Bertz CT molecular complexity index is 5160. The molecule has 2 saturated heterocycles. The van der Waals surface area contributed by atoms with Crippen molar-refractivity contribution in [2.75, 3.05) is 74.0 Å². The van der Waals surface area contributed by atoms with E-state index in [2.05, 4.69) is 40.1 Å². The Morgan fingerprint density at radius 1 is 0.817 bits per heavy atom. The second-order valence-electron chi connectivity index (χ2n) is 34.4. The molecule has 4 saturated carbocycles. The predicted octanol–water partition coefficient (Wildman–Crippen LogP) is 4.11. The molecule has 7 heterocycles. The van der Waals surface area contributed by atoms with Crippen LogP contribution in [0.1, 0.15) is 141 Å². The summed E-state index contributed by atoms with van der Waals surface area (Å²) in [6.07, 6.45) is 0.798. The highest BCUT2D eigenvalue weighted by molar-refractivity contribution is 7.85. The summed E-state index contributed by atoms with van der Waals surface area (Å²) in [5.41, 5.74) is 11.2. The largest absolute Gasteiger partial charge is 0.479 e. The van der Waals surface area contributed by atoms with Gasteiger partial charge in [0.25, 0.3) is 27.8 Å². The Balaban J connectivity index is 0.624. The molecule has 1 spiro atoms. The fraction of sp³-hybridized carbons (Fsp3) is 0.530. The third-order valence-electron chi connectivity index (χ3n) is 25.7. The molecule has 35 nitrogen and oxygen atoms in total. The number of likely N-dealkylation sites (tertiary alicyclic amines) is 1. The van der Waals surface area contributed by atoms with E-state index in [0.29, 0.717) is 71.4 Å². The van der Waals surface area contributed by atoms with Gasteiger partial charge in [0.2, 0.25) is 29.5 Å². The van der Waals surface area contributed by atoms with Gasteiger partial charge >= 0.3 is 11.9 Å². The molecule has 14 atom stereocenters. The van der Waals surface area contributed by atoms with Gasteiger partial charge in [-0.1, -0.05) is 69.4 Å². The number of aromatic carboxylic acids is 1. The number of aliphatic hydroxyl groups is 3. The molecular weight excluding hydrogens is 1600 g/mol. The fourth-order valence-corrected chi connectivity index (χ4v) is 21.8. The lowest BCUT2D eigenvalue weighted by Gasteiger charge is -2.65. The van der Waals surface area contributed by atoms with Crippen molar-refractivity contribution in [2.45, 2.75) is 192 Å². The zero-order valence-corrected chi connectivity index (χ0v) is 69.0. The number of aliphatic carboxylic acids is 1. The molecule has 4 aliphatic carbocycles. The lowest BCUT2D eigenvalue weighted by atomic mass is 9.39. The molecule has 6 unspecified atom stereocenters. The maximum absolute atomic E-state index is 14.1. The first-order valence-electron chi connectivity index (χ1n) is 40.2. The summed E-state index contributed by atoms with van der Waals surface area (Å²) in [6.45, 7) is 12.0. The van der Waals surface area contributed by atoms with Gasteiger partial charge in [-0.2, -0.15) is 13.5 Å². The highest BCUT2D eigenvalue weighted by Gasteiger charge is 2.85. The number of aromatic nitrogens is 4. The number of carboxylic acid groups (broad SMARTS) is 2. The number of fused-ring (bicyclic) bond motifs is 4. The van der Waals surface area contributed by atoms with Crippen molar-refractivity contribution in [3.63, 3.8) is 0 Å². The van der Waals surface area contributed by atoms with Gasteiger partial charge in [-0.05, 0) is 164 Å². The molecule has 4 aliphatic heterocycles. The second-order valence-corrected chi connectivity index (χ2v) is 37.0. The van der Waals surface area contributed by atoms with Crippen LogP contribution in [0, 0.1) is 34.5 Å². The van der Waals surface area contributed by atoms with Crippen LogP contribution in [0.5, 0.6) is 0 Å². The highest BCUT2D eigenvalue weighted by atomic mass is 32.2. The van der Waals surface area contributed by atoms with Crippen LogP contribution >= 0.6 is 11.3 Å². The number of nitrogens with two attached hydrogens (primary N) is 1. The van der Waals surface area contributed by atoms with Crippen LogP contribution in [0.2, 0.25) is 0 Å². The number of pyridine rings is 1. The van der Waals surface area contributed by atoms with E-state index >= 15 is 0 Å². The molecule has 8 amide bonds. The van der Waals surface area contributed by atoms with Crippen LogP contribution in [0.3, 0.4) is 0 Å². The number of para-hydroxylation sites is 1. The Kier molecular flexibility index (Phi) is 24.5. The van der Waals surface area contributed by atoms with E-state index in [4.69, 9.17) is 34.8 Å². The van der Waals surface area contributed by atoms with Crippen molar-refractivity contribution in [1.29, 1.82) is 0 Å². The number of imide groups is 1. The standard InChI is InChI=1S/C83H101N13O22S2/c1-45(2)66(90-63(98)34-94-52(36-115-28-29-120(112,113)114)31-58(75(94)107)96-64(99)20-21-65(96)100)74(106)86-46(3)72(104)87-51-16-14-50(49(30-51)15-18-59-68(101)69(102)70(103)71(118-59)77(110)111)35-116-44-92(24-23-61(84)97)26-27-117-82-38-79(5)37-80(6)40-81(41-82,83(80,39-79)42-82)43-95-47(4)55(32-85-95)53-17-19-62(89-67(53)76(108)109)93-25-22-48-10-9-11-54(56(48)33-93)73(105)91-78-88-57-12-7-8-13-60(57)119-78/h7-14,16-17,19-21,30,32,45-46,52,58-59,66,68-71,101-103H,15,18,22-29,31,33-44H2,1-6H3,(H2,84,97)(H,86,106)(H,87,104)(H,90,98)(H,108,109)(H,110,111)(H,88,91,105)(H,112,113,114)/t46-,52-,58-,59-,66-,68?,69+,70-,71-,79?,80?,81?,82?,83?/m0/s1. The van der Waals surface area contributed by atoms with Crippen molar-refractivity contribution < 1.29 is 105 Å². The lowest BCUT2D eigenvalue weighted by molar-refractivity contribution is -0.228. The van der Waals surface area contributed by atoms with Crippen LogP contribution in [0.4, 0.5) is 16.6 Å². The average molecular weight is 1700 g/mol. The quantitative estimate of drug-likeness (QED) is 0.0114. The molecule has 3 bridgehead atoms. The maximum Gasteiger partial charge on any atom is 0.355 e. The molecule has 3 aromatic carbocycles. The Hall–Kier alpha value is -10.1. The Morgan fingerprint density at radius 3 is 2.31 bits per heavy atom. The number of aliphatic hydroxyl groups excluding tert-OH is 3. The topological polar surface area (TPSA) is 494 Å². The first kappa shape index (κ1) is 86.3.